The van der Waals surface area contributed by atoms with Gasteiger partial charge in [-0.15, -0.1) is 0 Å². The summed E-state index contributed by atoms with van der Waals surface area (Å²) in [6.07, 6.45) is 22.4. The fourth-order valence-corrected chi connectivity index (χ4v) is 5.91. The average molecular weight is 552 g/mol. The van der Waals surface area contributed by atoms with Gasteiger partial charge in [-0.3, -0.25) is 5.32 Å². The largest absolute Gasteiger partial charge is 0.375 e. The second-order valence-electron chi connectivity index (χ2n) is 11.7. The van der Waals surface area contributed by atoms with E-state index in [0.717, 1.165) is 37.1 Å². The van der Waals surface area contributed by atoms with E-state index >= 15 is 0 Å². The average Bonchev–Trinajstić information content (AvgIpc) is 2.98. The maximum absolute atomic E-state index is 12.2. The van der Waals surface area contributed by atoms with Crippen molar-refractivity contribution in [1.29, 1.82) is 0 Å². The lowest BCUT2D eigenvalue weighted by molar-refractivity contribution is -0.0201. The molecule has 4 heteroatoms. The normalized spacial score (nSPS) is 13.1. The van der Waals surface area contributed by atoms with E-state index in [9.17, 15) is 5.11 Å². The quantitative estimate of drug-likeness (QED) is 0.0701. The maximum Gasteiger partial charge on any atom is 0.127 e. The van der Waals surface area contributed by atoms with Gasteiger partial charge in [0, 0.05) is 26.2 Å². The molecule has 0 amide bonds. The topological polar surface area (TPSA) is 70.3 Å². The van der Waals surface area contributed by atoms with Crippen LogP contribution >= 0.6 is 0 Å². The predicted molar refractivity (Wildman–Crippen MR) is 174 cm³/mol. The first kappa shape index (κ1) is 34.5. The third kappa shape index (κ3) is 14.8. The van der Waals surface area contributed by atoms with Gasteiger partial charge in [0.1, 0.15) is 5.72 Å². The Kier molecular flexibility index (Phi) is 19.7. The van der Waals surface area contributed by atoms with Gasteiger partial charge >= 0.3 is 0 Å². The van der Waals surface area contributed by atoms with Crippen molar-refractivity contribution in [3.8, 4) is 0 Å². The molecule has 0 heterocycles. The van der Waals surface area contributed by atoms with E-state index in [-0.39, 0.29) is 5.92 Å². The zero-order valence-electron chi connectivity index (χ0n) is 25.7. The zero-order chi connectivity index (χ0) is 28.6. The number of hydrogen-bond donors (Lipinski definition) is 4. The van der Waals surface area contributed by atoms with E-state index in [2.05, 4.69) is 66.1 Å². The van der Waals surface area contributed by atoms with E-state index in [1.165, 1.54) is 96.3 Å². The molecule has 0 aliphatic rings. The lowest BCUT2D eigenvalue weighted by Gasteiger charge is -2.38. The van der Waals surface area contributed by atoms with Gasteiger partial charge in [-0.2, -0.15) is 0 Å². The van der Waals surface area contributed by atoms with Gasteiger partial charge in [-0.05, 0) is 24.0 Å². The van der Waals surface area contributed by atoms with Gasteiger partial charge in [0.2, 0.25) is 0 Å². The first-order chi connectivity index (χ1) is 19.7. The fourth-order valence-electron chi connectivity index (χ4n) is 5.91. The number of nitrogens with one attached hydrogen (secondary N) is 2. The molecule has 0 fully saturated rings. The Morgan fingerprint density at radius 1 is 0.600 bits per heavy atom. The maximum atomic E-state index is 12.2. The van der Waals surface area contributed by atoms with Crippen LogP contribution in [-0.2, 0) is 0 Å². The summed E-state index contributed by atoms with van der Waals surface area (Å²) in [6.45, 7) is 5.19. The number of aliphatic hydroxyl groups is 1. The molecule has 5 N–H and O–H groups in total. The molecular formula is C36H61N3O. The third-order valence-corrected chi connectivity index (χ3v) is 8.21. The molecular weight excluding hydrogens is 490 g/mol. The van der Waals surface area contributed by atoms with Crippen molar-refractivity contribution >= 4 is 0 Å². The molecule has 1 unspecified atom stereocenters. The molecule has 0 aliphatic carbocycles. The van der Waals surface area contributed by atoms with Crippen LogP contribution in [-0.4, -0.2) is 37.0 Å². The highest BCUT2D eigenvalue weighted by atomic mass is 16.3. The summed E-state index contributed by atoms with van der Waals surface area (Å²) < 4.78 is 0. The highest BCUT2D eigenvalue weighted by molar-refractivity contribution is 5.35. The molecule has 0 bridgehead atoms. The number of hydrogen-bond acceptors (Lipinski definition) is 4. The summed E-state index contributed by atoms with van der Waals surface area (Å²) in [5, 5.41) is 19.1. The van der Waals surface area contributed by atoms with E-state index in [4.69, 9.17) is 5.73 Å². The van der Waals surface area contributed by atoms with E-state index in [0.29, 0.717) is 13.1 Å². The van der Waals surface area contributed by atoms with Gasteiger partial charge in [0.15, 0.2) is 0 Å². The van der Waals surface area contributed by atoms with Crippen LogP contribution in [0.5, 0.6) is 0 Å². The van der Waals surface area contributed by atoms with Crippen molar-refractivity contribution in [2.75, 3.05) is 26.2 Å². The van der Waals surface area contributed by atoms with Crippen LogP contribution in [0.2, 0.25) is 0 Å². The zero-order valence-corrected chi connectivity index (χ0v) is 25.7. The highest BCUT2D eigenvalue weighted by Gasteiger charge is 2.37. The molecule has 0 aromatic heterocycles. The molecule has 0 radical (unpaired) electrons. The van der Waals surface area contributed by atoms with Gasteiger partial charge in [-0.1, -0.05) is 164 Å². The molecule has 0 spiro atoms. The predicted octanol–water partition coefficient (Wildman–Crippen LogP) is 8.30. The van der Waals surface area contributed by atoms with Crippen molar-refractivity contribution < 1.29 is 5.11 Å². The monoisotopic (exact) mass is 551 g/mol. The van der Waals surface area contributed by atoms with Crippen molar-refractivity contribution in [3.05, 3.63) is 71.8 Å². The van der Waals surface area contributed by atoms with Crippen LogP contribution in [0.4, 0.5) is 0 Å². The van der Waals surface area contributed by atoms with Crippen molar-refractivity contribution in [2.24, 2.45) is 5.73 Å². The molecule has 2 rings (SSSR count). The van der Waals surface area contributed by atoms with Crippen molar-refractivity contribution in [2.45, 2.75) is 128 Å². The summed E-state index contributed by atoms with van der Waals surface area (Å²) in [5.41, 5.74) is 6.92. The third-order valence-electron chi connectivity index (χ3n) is 8.21. The van der Waals surface area contributed by atoms with Crippen LogP contribution in [0.15, 0.2) is 60.7 Å². The molecule has 40 heavy (non-hydrogen) atoms. The summed E-state index contributed by atoms with van der Waals surface area (Å²) in [6, 6.07) is 21.0. The first-order valence-electron chi connectivity index (χ1n) is 16.7. The van der Waals surface area contributed by atoms with Gasteiger partial charge in [0.05, 0.1) is 5.92 Å². The second kappa shape index (κ2) is 22.9. The summed E-state index contributed by atoms with van der Waals surface area (Å²) in [7, 11) is 0. The van der Waals surface area contributed by atoms with Gasteiger partial charge in [0.25, 0.3) is 0 Å². The molecule has 2 aromatic carbocycles. The minimum Gasteiger partial charge on any atom is -0.375 e. The Hall–Kier alpha value is -1.72. The number of nitrogens with two attached hydrogens (primary N) is 1. The number of benzene rings is 2. The second-order valence-corrected chi connectivity index (χ2v) is 11.7. The van der Waals surface area contributed by atoms with Crippen molar-refractivity contribution in [1.82, 2.24) is 10.6 Å². The summed E-state index contributed by atoms with van der Waals surface area (Å²) in [5.74, 6) is -0.124. The Labute approximate surface area is 246 Å². The van der Waals surface area contributed by atoms with E-state index in [1.807, 2.05) is 12.1 Å². The Morgan fingerprint density at radius 2 is 1.02 bits per heavy atom. The van der Waals surface area contributed by atoms with Gasteiger partial charge < -0.3 is 16.2 Å². The number of rotatable bonds is 26. The highest BCUT2D eigenvalue weighted by Crippen LogP contribution is 2.36. The van der Waals surface area contributed by atoms with Crippen LogP contribution < -0.4 is 16.4 Å². The molecule has 4 nitrogen and oxygen atoms in total. The smallest absolute Gasteiger partial charge is 0.127 e. The molecule has 1 atom stereocenters. The molecule has 226 valence electrons. The van der Waals surface area contributed by atoms with Crippen LogP contribution in [0.1, 0.15) is 133 Å². The molecule has 0 saturated heterocycles. The van der Waals surface area contributed by atoms with E-state index < -0.39 is 5.72 Å². The SMILES string of the molecule is CCCCCCCCCCCCCCCCCCC(O)(NCCNCCN)C(c1ccccc1)c1ccccc1. The Morgan fingerprint density at radius 3 is 1.45 bits per heavy atom. The minimum atomic E-state index is -1.01. The molecule has 0 aliphatic heterocycles. The number of unbranched alkanes of at least 4 members (excludes halogenated alkanes) is 15. The minimum absolute atomic E-state index is 0.124. The van der Waals surface area contributed by atoms with E-state index in [1.54, 1.807) is 0 Å². The van der Waals surface area contributed by atoms with Crippen molar-refractivity contribution in [3.63, 3.8) is 0 Å². The Bertz CT molecular complexity index is 776. The van der Waals surface area contributed by atoms with Crippen LogP contribution in [0.3, 0.4) is 0 Å². The van der Waals surface area contributed by atoms with Gasteiger partial charge in [-0.25, -0.2) is 0 Å². The molecule has 0 saturated carbocycles. The van der Waals surface area contributed by atoms with Crippen LogP contribution in [0.25, 0.3) is 0 Å². The lowest BCUT2D eigenvalue weighted by Crippen LogP contribution is -2.52. The summed E-state index contributed by atoms with van der Waals surface area (Å²) >= 11 is 0. The fraction of sp³-hybridized carbons (Fsp3) is 0.667. The standard InChI is InChI=1S/C36H61N3O/c1-2-3-4-5-6-7-8-9-10-11-12-13-14-15-16-23-28-36(40,39-32-31-38-30-29-37)35(33-24-19-17-20-25-33)34-26-21-18-22-27-34/h17-22,24-27,35,38-40H,2-16,23,28-32,37H2,1H3. The Balaban J connectivity index is 1.75. The van der Waals surface area contributed by atoms with Crippen LogP contribution in [0, 0.1) is 0 Å². The first-order valence-corrected chi connectivity index (χ1v) is 16.7. The summed E-state index contributed by atoms with van der Waals surface area (Å²) in [4.78, 5) is 0. The molecule has 2 aromatic rings. The lowest BCUT2D eigenvalue weighted by atomic mass is 9.79.